The van der Waals surface area contributed by atoms with E-state index in [0.29, 0.717) is 16.4 Å². The van der Waals surface area contributed by atoms with Crippen molar-refractivity contribution in [3.05, 3.63) is 35.9 Å². The monoisotopic (exact) mass is 380 g/mol. The summed E-state index contributed by atoms with van der Waals surface area (Å²) in [7, 11) is 0. The summed E-state index contributed by atoms with van der Waals surface area (Å²) in [5.74, 6) is 0.702. The number of unbranched alkanes of at least 4 members (excludes halogenated alkanes) is 2. The van der Waals surface area contributed by atoms with E-state index in [-0.39, 0.29) is 0 Å². The summed E-state index contributed by atoms with van der Waals surface area (Å²) >= 11 is 6.86. The second-order valence-electron chi connectivity index (χ2n) is 6.90. The smallest absolute Gasteiger partial charge is 0.219 e. The average molecular weight is 381 g/mol. The van der Waals surface area contributed by atoms with Crippen molar-refractivity contribution >= 4 is 28.4 Å². The van der Waals surface area contributed by atoms with Crippen LogP contribution in [0.2, 0.25) is 0 Å². The molecule has 1 aliphatic carbocycles. The highest BCUT2D eigenvalue weighted by Crippen LogP contribution is 2.31. The van der Waals surface area contributed by atoms with Gasteiger partial charge in [0.25, 0.3) is 0 Å². The molecule has 0 heterocycles. The molecule has 1 unspecified atom stereocenters. The summed E-state index contributed by atoms with van der Waals surface area (Å²) in [5, 5.41) is 0. The Morgan fingerprint density at radius 2 is 1.88 bits per heavy atom. The van der Waals surface area contributed by atoms with Gasteiger partial charge in [-0.3, -0.25) is 0 Å². The van der Waals surface area contributed by atoms with Gasteiger partial charge in [-0.25, -0.2) is 0 Å². The van der Waals surface area contributed by atoms with Crippen LogP contribution in [0.5, 0.6) is 0 Å². The van der Waals surface area contributed by atoms with Crippen LogP contribution in [0.25, 0.3) is 0 Å². The van der Waals surface area contributed by atoms with Crippen molar-refractivity contribution in [2.75, 3.05) is 12.9 Å². The Hall–Kier alpha value is -0.580. The number of thioether (sulfide) groups is 1. The zero-order valence-corrected chi connectivity index (χ0v) is 17.1. The Balaban J connectivity index is 1.60. The summed E-state index contributed by atoms with van der Waals surface area (Å²) in [6.07, 6.45) is 13.7. The molecule has 4 heteroatoms. The topological polar surface area (TPSA) is 18.5 Å². The lowest BCUT2D eigenvalue weighted by Gasteiger charge is -2.30. The summed E-state index contributed by atoms with van der Waals surface area (Å²) in [6, 6.07) is 10.4. The fourth-order valence-corrected chi connectivity index (χ4v) is 3.90. The molecule has 1 aromatic carbocycles. The number of ether oxygens (including phenoxy) is 2. The van der Waals surface area contributed by atoms with E-state index in [0.717, 1.165) is 26.1 Å². The van der Waals surface area contributed by atoms with Gasteiger partial charge in [0.15, 0.2) is 0 Å². The highest BCUT2D eigenvalue weighted by atomic mass is 32.2. The maximum atomic E-state index is 6.09. The molecule has 0 spiro atoms. The molecule has 1 aromatic rings. The van der Waals surface area contributed by atoms with E-state index in [1.165, 1.54) is 50.5 Å². The molecule has 25 heavy (non-hydrogen) atoms. The molecule has 140 valence electrons. The molecule has 0 aliphatic heterocycles. The van der Waals surface area contributed by atoms with Crippen molar-refractivity contribution < 1.29 is 9.47 Å². The van der Waals surface area contributed by atoms with Crippen LogP contribution < -0.4 is 0 Å². The highest BCUT2D eigenvalue weighted by molar-refractivity contribution is 8.22. The van der Waals surface area contributed by atoms with Crippen LogP contribution in [0.1, 0.15) is 63.4 Å². The second kappa shape index (κ2) is 12.7. The van der Waals surface area contributed by atoms with Crippen molar-refractivity contribution in [1.29, 1.82) is 0 Å². The fraction of sp³-hybridized carbons (Fsp3) is 0.667. The molecule has 0 aromatic heterocycles. The third-order valence-electron chi connectivity index (χ3n) is 4.98. The summed E-state index contributed by atoms with van der Waals surface area (Å²) < 4.78 is 12.6. The van der Waals surface area contributed by atoms with E-state index >= 15 is 0 Å². The van der Waals surface area contributed by atoms with Gasteiger partial charge in [-0.1, -0.05) is 67.8 Å². The molecule has 0 amide bonds. The first-order valence-corrected chi connectivity index (χ1v) is 11.3. The van der Waals surface area contributed by atoms with Crippen LogP contribution in [0.15, 0.2) is 30.3 Å². The van der Waals surface area contributed by atoms with Gasteiger partial charge in [0.1, 0.15) is 6.10 Å². The quantitative estimate of drug-likeness (QED) is 0.346. The Morgan fingerprint density at radius 1 is 1.12 bits per heavy atom. The van der Waals surface area contributed by atoms with Gasteiger partial charge < -0.3 is 9.47 Å². The number of rotatable bonds is 10. The average Bonchev–Trinajstić information content (AvgIpc) is 2.67. The number of hydrogen-bond acceptors (Lipinski definition) is 4. The molecule has 0 radical (unpaired) electrons. The molecule has 1 fully saturated rings. The van der Waals surface area contributed by atoms with Crippen LogP contribution >= 0.6 is 24.0 Å². The lowest BCUT2D eigenvalue weighted by atomic mass is 9.83. The Kier molecular flexibility index (Phi) is 10.5. The van der Waals surface area contributed by atoms with Gasteiger partial charge in [-0.05, 0) is 62.1 Å². The summed E-state index contributed by atoms with van der Waals surface area (Å²) in [4.78, 5) is 0. The van der Waals surface area contributed by atoms with E-state index in [2.05, 4.69) is 24.3 Å². The van der Waals surface area contributed by atoms with Crippen molar-refractivity contribution in [2.45, 2.75) is 70.5 Å². The molecule has 1 aliphatic rings. The van der Waals surface area contributed by atoms with Crippen molar-refractivity contribution in [1.82, 2.24) is 0 Å². The molecule has 1 atom stereocenters. The predicted octanol–water partition coefficient (Wildman–Crippen LogP) is 6.38. The first-order chi connectivity index (χ1) is 12.3. The van der Waals surface area contributed by atoms with Crippen LogP contribution in [0.4, 0.5) is 0 Å². The van der Waals surface area contributed by atoms with Gasteiger partial charge >= 0.3 is 0 Å². The van der Waals surface area contributed by atoms with Crippen LogP contribution in [0.3, 0.4) is 0 Å². The van der Waals surface area contributed by atoms with E-state index in [1.807, 2.05) is 12.3 Å². The number of benzene rings is 1. The predicted molar refractivity (Wildman–Crippen MR) is 112 cm³/mol. The lowest BCUT2D eigenvalue weighted by molar-refractivity contribution is 0.0902. The number of thiocarbonyl (C=S) groups is 1. The van der Waals surface area contributed by atoms with Gasteiger partial charge in [-0.2, -0.15) is 0 Å². The van der Waals surface area contributed by atoms with Gasteiger partial charge in [0.2, 0.25) is 4.38 Å². The maximum absolute atomic E-state index is 6.09. The Bertz CT molecular complexity index is 472. The van der Waals surface area contributed by atoms with E-state index < -0.39 is 0 Å². The lowest BCUT2D eigenvalue weighted by Crippen LogP contribution is -2.27. The first kappa shape index (κ1) is 20.7. The van der Waals surface area contributed by atoms with E-state index in [9.17, 15) is 0 Å². The molecule has 0 bridgehead atoms. The summed E-state index contributed by atoms with van der Waals surface area (Å²) in [6.45, 7) is 1.56. The molecule has 0 saturated heterocycles. The molecule has 2 rings (SSSR count). The number of hydrogen-bond donors (Lipinski definition) is 0. The fourth-order valence-electron chi connectivity index (χ4n) is 3.56. The maximum Gasteiger partial charge on any atom is 0.219 e. The second-order valence-corrected chi connectivity index (χ2v) is 8.30. The third kappa shape index (κ3) is 8.57. The van der Waals surface area contributed by atoms with Crippen LogP contribution in [0, 0.1) is 5.92 Å². The van der Waals surface area contributed by atoms with Crippen molar-refractivity contribution in [3.63, 3.8) is 0 Å². The molecular weight excluding hydrogens is 348 g/mol. The Morgan fingerprint density at radius 3 is 2.60 bits per heavy atom. The Labute approximate surface area is 163 Å². The summed E-state index contributed by atoms with van der Waals surface area (Å²) in [5.41, 5.74) is 1.25. The third-order valence-corrected chi connectivity index (χ3v) is 6.00. The zero-order chi connectivity index (χ0) is 17.7. The molecular formula is C21H32O2S2. The van der Waals surface area contributed by atoms with Crippen molar-refractivity contribution in [3.8, 4) is 0 Å². The molecule has 2 nitrogen and oxygen atoms in total. The molecule has 1 saturated carbocycles. The molecule has 0 N–H and O–H groups in total. The van der Waals surface area contributed by atoms with E-state index in [4.69, 9.17) is 21.7 Å². The van der Waals surface area contributed by atoms with Gasteiger partial charge in [0, 0.05) is 6.61 Å². The zero-order valence-electron chi connectivity index (χ0n) is 15.5. The van der Waals surface area contributed by atoms with Crippen LogP contribution in [-0.4, -0.2) is 23.3 Å². The minimum Gasteiger partial charge on any atom is -0.475 e. The highest BCUT2D eigenvalue weighted by Gasteiger charge is 2.25. The minimum atomic E-state index is 0.325. The normalized spacial score (nSPS) is 16.5. The standard InChI is InChI=1S/C21H32O2S2/c1-25-21(24)23-20(19-13-7-3-8-14-19)15-9-4-10-16-22-17-18-11-5-2-6-12-18/h2,5-6,11-12,19-20H,3-4,7-10,13-17H2,1H3. The van der Waals surface area contributed by atoms with Crippen LogP contribution in [-0.2, 0) is 16.1 Å². The first-order valence-electron chi connectivity index (χ1n) is 9.66. The van der Waals surface area contributed by atoms with E-state index in [1.54, 1.807) is 11.8 Å². The minimum absolute atomic E-state index is 0.325. The SMILES string of the molecule is CSC(=S)OC(CCCCCOCc1ccccc1)C1CCCCC1. The van der Waals surface area contributed by atoms with Gasteiger partial charge in [0.05, 0.1) is 6.61 Å². The van der Waals surface area contributed by atoms with Crippen molar-refractivity contribution in [2.24, 2.45) is 5.92 Å². The largest absolute Gasteiger partial charge is 0.475 e. The van der Waals surface area contributed by atoms with Gasteiger partial charge in [-0.15, -0.1) is 0 Å².